The second-order valence-electron chi connectivity index (χ2n) is 4.97. The monoisotopic (exact) mass is 320 g/mol. The quantitative estimate of drug-likeness (QED) is 0.833. The maximum absolute atomic E-state index is 11.9. The maximum atomic E-state index is 11.9. The molecule has 0 saturated heterocycles. The van der Waals surface area contributed by atoms with Crippen LogP contribution in [0.1, 0.15) is 23.6 Å². The summed E-state index contributed by atoms with van der Waals surface area (Å²) in [6.07, 6.45) is 3.15. The lowest BCUT2D eigenvalue weighted by molar-refractivity contribution is -0.115. The van der Waals surface area contributed by atoms with Crippen molar-refractivity contribution in [2.75, 3.05) is 11.1 Å². The summed E-state index contributed by atoms with van der Waals surface area (Å²) in [5, 5.41) is 5.35. The van der Waals surface area contributed by atoms with Gasteiger partial charge in [0.05, 0.1) is 11.4 Å². The fourth-order valence-corrected chi connectivity index (χ4v) is 3.32. The van der Waals surface area contributed by atoms with Crippen LogP contribution in [-0.2, 0) is 4.79 Å². The number of carbonyl (C=O) groups excluding carboxylic acids is 1. The van der Waals surface area contributed by atoms with Gasteiger partial charge in [0.1, 0.15) is 0 Å². The van der Waals surface area contributed by atoms with E-state index in [4.69, 9.17) is 5.73 Å². The Kier molecular flexibility index (Phi) is 5.04. The van der Waals surface area contributed by atoms with E-state index >= 15 is 0 Å². The molecule has 0 saturated carbocycles. The van der Waals surface area contributed by atoms with Gasteiger partial charge in [0.2, 0.25) is 0 Å². The van der Waals surface area contributed by atoms with Crippen LogP contribution in [0.2, 0.25) is 0 Å². The third-order valence-corrected chi connectivity index (χ3v) is 4.49. The number of halogens is 1. The van der Waals surface area contributed by atoms with Crippen LogP contribution in [0.3, 0.4) is 0 Å². The van der Waals surface area contributed by atoms with Gasteiger partial charge in [-0.3, -0.25) is 4.79 Å². The number of allylic oxidation sites excluding steroid dienone is 2. The second-order valence-corrected chi connectivity index (χ2v) is 5.95. The summed E-state index contributed by atoms with van der Waals surface area (Å²) in [5.74, 6) is 0.451. The summed E-state index contributed by atoms with van der Waals surface area (Å²) in [5.41, 5.74) is 8.42. The molecular weight excluding hydrogens is 304 g/mol. The lowest BCUT2D eigenvalue weighted by Gasteiger charge is -2.22. The number of hydrogen-bond donors (Lipinski definition) is 2. The fraction of sp³-hybridized carbons (Fsp3) is 0.188. The number of ketones is 1. The first kappa shape index (κ1) is 15.6. The van der Waals surface area contributed by atoms with Gasteiger partial charge >= 0.3 is 0 Å². The third kappa shape index (κ3) is 3.65. The molecule has 0 fully saturated rings. The lowest BCUT2D eigenvalue weighted by atomic mass is 9.90. The summed E-state index contributed by atoms with van der Waals surface area (Å²) in [6, 6.07) is 11.7. The molecule has 5 heteroatoms. The van der Waals surface area contributed by atoms with Crippen molar-refractivity contribution in [3.05, 3.63) is 58.4 Å². The van der Waals surface area contributed by atoms with E-state index in [-0.39, 0.29) is 24.1 Å². The Balaban J connectivity index is 0.00000161. The Morgan fingerprint density at radius 2 is 1.95 bits per heavy atom. The van der Waals surface area contributed by atoms with Gasteiger partial charge in [0.15, 0.2) is 5.78 Å². The first-order valence-electron chi connectivity index (χ1n) is 6.60. The van der Waals surface area contributed by atoms with Crippen molar-refractivity contribution in [3.63, 3.8) is 0 Å². The largest absolute Gasteiger partial charge is 0.397 e. The zero-order chi connectivity index (χ0) is 13.9. The highest BCUT2D eigenvalue weighted by Crippen LogP contribution is 2.34. The van der Waals surface area contributed by atoms with Crippen molar-refractivity contribution in [2.45, 2.75) is 18.8 Å². The molecule has 3 rings (SSSR count). The van der Waals surface area contributed by atoms with Crippen molar-refractivity contribution in [1.29, 1.82) is 0 Å². The van der Waals surface area contributed by atoms with Crippen molar-refractivity contribution in [1.82, 2.24) is 0 Å². The predicted molar refractivity (Wildman–Crippen MR) is 91.1 cm³/mol. The number of nitrogen functional groups attached to an aromatic ring is 1. The first-order chi connectivity index (χ1) is 9.72. The Labute approximate surface area is 134 Å². The van der Waals surface area contributed by atoms with Crippen molar-refractivity contribution in [3.8, 4) is 0 Å². The molecule has 1 aliphatic rings. The van der Waals surface area contributed by atoms with Gasteiger partial charge in [0, 0.05) is 29.0 Å². The van der Waals surface area contributed by atoms with E-state index in [0.29, 0.717) is 12.1 Å². The molecule has 1 aromatic heterocycles. The van der Waals surface area contributed by atoms with Gasteiger partial charge in [-0.25, -0.2) is 0 Å². The topological polar surface area (TPSA) is 55.1 Å². The van der Waals surface area contributed by atoms with Crippen LogP contribution in [0.25, 0.3) is 0 Å². The molecule has 1 atom stereocenters. The number of carbonyl (C=O) groups is 1. The Bertz CT molecular complexity index is 652. The summed E-state index contributed by atoms with van der Waals surface area (Å²) < 4.78 is 0. The normalized spacial score (nSPS) is 17.8. The van der Waals surface area contributed by atoms with Crippen LogP contribution in [0.4, 0.5) is 11.4 Å². The molecule has 2 aromatic rings. The molecule has 1 aliphatic carbocycles. The Hall–Kier alpha value is -1.78. The van der Waals surface area contributed by atoms with Gasteiger partial charge in [-0.1, -0.05) is 18.2 Å². The van der Waals surface area contributed by atoms with Crippen LogP contribution in [0.5, 0.6) is 0 Å². The molecule has 110 valence electrons. The summed E-state index contributed by atoms with van der Waals surface area (Å²) in [4.78, 5) is 13.2. The van der Waals surface area contributed by atoms with E-state index < -0.39 is 0 Å². The molecule has 3 nitrogen and oxygen atoms in total. The molecule has 0 radical (unpaired) electrons. The molecule has 1 heterocycles. The van der Waals surface area contributed by atoms with Gasteiger partial charge in [-0.05, 0) is 30.0 Å². The summed E-state index contributed by atoms with van der Waals surface area (Å²) >= 11 is 1.71. The first-order valence-corrected chi connectivity index (χ1v) is 7.48. The number of rotatable bonds is 3. The molecule has 0 amide bonds. The van der Waals surface area contributed by atoms with Crippen molar-refractivity contribution in [2.24, 2.45) is 0 Å². The van der Waals surface area contributed by atoms with Gasteiger partial charge < -0.3 is 11.1 Å². The van der Waals surface area contributed by atoms with E-state index in [9.17, 15) is 4.79 Å². The molecule has 1 unspecified atom stereocenters. The summed E-state index contributed by atoms with van der Waals surface area (Å²) in [6.45, 7) is 0. The zero-order valence-corrected chi connectivity index (χ0v) is 13.0. The molecular formula is C16H17ClN2OS. The lowest BCUT2D eigenvalue weighted by Crippen LogP contribution is -2.16. The molecule has 0 bridgehead atoms. The second kappa shape index (κ2) is 6.78. The Morgan fingerprint density at radius 1 is 1.14 bits per heavy atom. The molecule has 3 N–H and O–H groups in total. The van der Waals surface area contributed by atoms with E-state index in [1.54, 1.807) is 17.4 Å². The van der Waals surface area contributed by atoms with E-state index in [1.807, 2.05) is 30.3 Å². The number of para-hydroxylation sites is 2. The third-order valence-electron chi connectivity index (χ3n) is 3.45. The van der Waals surface area contributed by atoms with Crippen LogP contribution in [0.15, 0.2) is 53.6 Å². The van der Waals surface area contributed by atoms with Crippen molar-refractivity contribution < 1.29 is 4.79 Å². The molecule has 0 spiro atoms. The maximum Gasteiger partial charge on any atom is 0.158 e. The Morgan fingerprint density at radius 3 is 2.67 bits per heavy atom. The van der Waals surface area contributed by atoms with Crippen molar-refractivity contribution >= 4 is 40.9 Å². The number of benzene rings is 1. The van der Waals surface area contributed by atoms with Gasteiger partial charge in [-0.2, -0.15) is 0 Å². The summed E-state index contributed by atoms with van der Waals surface area (Å²) in [7, 11) is 0. The average Bonchev–Trinajstić information content (AvgIpc) is 2.95. The van der Waals surface area contributed by atoms with Crippen LogP contribution in [-0.4, -0.2) is 5.78 Å². The predicted octanol–water partition coefficient (Wildman–Crippen LogP) is 4.19. The minimum Gasteiger partial charge on any atom is -0.397 e. The minimum atomic E-state index is 0. The number of anilines is 2. The van der Waals surface area contributed by atoms with Crippen LogP contribution >= 0.6 is 23.7 Å². The number of nitrogens with two attached hydrogens (primary N) is 1. The molecule has 1 aromatic carbocycles. The number of hydrogen-bond acceptors (Lipinski definition) is 4. The average molecular weight is 321 g/mol. The standard InChI is InChI=1S/C16H16N2OS.ClH/c17-14-4-1-2-5-15(14)18-12-8-11(9-13(19)10-12)16-6-3-7-20-16;/h1-7,10-11,18H,8-9,17H2;1H. The zero-order valence-electron chi connectivity index (χ0n) is 11.4. The highest BCUT2D eigenvalue weighted by atomic mass is 35.5. The van der Waals surface area contributed by atoms with Crippen LogP contribution in [0, 0.1) is 0 Å². The van der Waals surface area contributed by atoms with Gasteiger partial charge in [-0.15, -0.1) is 23.7 Å². The van der Waals surface area contributed by atoms with E-state index in [0.717, 1.165) is 17.8 Å². The van der Waals surface area contributed by atoms with Crippen LogP contribution < -0.4 is 11.1 Å². The highest BCUT2D eigenvalue weighted by molar-refractivity contribution is 7.10. The fourth-order valence-electron chi connectivity index (χ4n) is 2.49. The molecule has 0 aliphatic heterocycles. The van der Waals surface area contributed by atoms with E-state index in [2.05, 4.69) is 16.8 Å². The molecule has 21 heavy (non-hydrogen) atoms. The number of thiophene rings is 1. The minimum absolute atomic E-state index is 0. The highest BCUT2D eigenvalue weighted by Gasteiger charge is 2.23. The SMILES string of the molecule is Cl.Nc1ccccc1NC1=CC(=O)CC(c2cccs2)C1. The smallest absolute Gasteiger partial charge is 0.158 e. The van der Waals surface area contributed by atoms with E-state index in [1.165, 1.54) is 4.88 Å². The number of nitrogens with one attached hydrogen (secondary N) is 1. The van der Waals surface area contributed by atoms with Gasteiger partial charge in [0.25, 0.3) is 0 Å².